The van der Waals surface area contributed by atoms with Gasteiger partial charge in [0.05, 0.1) is 0 Å². The lowest BCUT2D eigenvalue weighted by Crippen LogP contribution is -2.45. The molecule has 2 atom stereocenters. The summed E-state index contributed by atoms with van der Waals surface area (Å²) in [4.78, 5) is 38.2. The molecule has 134 valence electrons. The molecule has 2 unspecified atom stereocenters. The standard InChI is InChI=1S/C17H19Cl2N3O3/c1-9(10-3-4-10)20-14(23)8-22-15(24)17(2,21-16(22)25)12-6-5-11(18)7-13(12)19/h5-7,9-10H,3-4,8H2,1-2H3,(H,20,23)(H,21,25). The van der Waals surface area contributed by atoms with Crippen molar-refractivity contribution in [3.05, 3.63) is 33.8 Å². The number of hydrogen-bond acceptors (Lipinski definition) is 3. The summed E-state index contributed by atoms with van der Waals surface area (Å²) >= 11 is 12.1. The van der Waals surface area contributed by atoms with E-state index in [0.29, 0.717) is 16.5 Å². The molecule has 0 spiro atoms. The van der Waals surface area contributed by atoms with Crippen molar-refractivity contribution in [2.45, 2.75) is 38.3 Å². The SMILES string of the molecule is CC(NC(=O)CN1C(=O)NC(C)(c2ccc(Cl)cc2Cl)C1=O)C1CC1. The highest BCUT2D eigenvalue weighted by Crippen LogP contribution is 2.35. The Morgan fingerprint density at radius 3 is 2.68 bits per heavy atom. The minimum Gasteiger partial charge on any atom is -0.352 e. The van der Waals surface area contributed by atoms with Crippen LogP contribution in [0, 0.1) is 5.92 Å². The van der Waals surface area contributed by atoms with Crippen molar-refractivity contribution in [1.82, 2.24) is 15.5 Å². The van der Waals surface area contributed by atoms with E-state index in [1.807, 2.05) is 6.92 Å². The predicted octanol–water partition coefficient (Wildman–Crippen LogP) is 2.68. The van der Waals surface area contributed by atoms with Crippen molar-refractivity contribution in [2.75, 3.05) is 6.54 Å². The van der Waals surface area contributed by atoms with Gasteiger partial charge in [-0.25, -0.2) is 4.79 Å². The minimum atomic E-state index is -1.33. The Labute approximate surface area is 155 Å². The Morgan fingerprint density at radius 1 is 1.40 bits per heavy atom. The molecule has 1 heterocycles. The quantitative estimate of drug-likeness (QED) is 0.767. The maximum atomic E-state index is 12.8. The molecule has 1 aromatic rings. The number of benzene rings is 1. The van der Waals surface area contributed by atoms with E-state index in [1.54, 1.807) is 19.1 Å². The van der Waals surface area contributed by atoms with Crippen molar-refractivity contribution < 1.29 is 14.4 Å². The average Bonchev–Trinajstić information content (AvgIpc) is 3.33. The second kappa shape index (κ2) is 6.50. The van der Waals surface area contributed by atoms with E-state index in [1.165, 1.54) is 6.07 Å². The summed E-state index contributed by atoms with van der Waals surface area (Å²) < 4.78 is 0. The lowest BCUT2D eigenvalue weighted by molar-refractivity contribution is -0.135. The van der Waals surface area contributed by atoms with Gasteiger partial charge in [0.15, 0.2) is 0 Å². The molecule has 2 N–H and O–H groups in total. The Kier molecular flexibility index (Phi) is 4.68. The van der Waals surface area contributed by atoms with E-state index in [0.717, 1.165) is 17.7 Å². The molecule has 1 aliphatic carbocycles. The molecule has 2 fully saturated rings. The highest BCUT2D eigenvalue weighted by atomic mass is 35.5. The number of carbonyl (C=O) groups excluding carboxylic acids is 3. The summed E-state index contributed by atoms with van der Waals surface area (Å²) in [6, 6.07) is 4.13. The summed E-state index contributed by atoms with van der Waals surface area (Å²) in [5.41, 5.74) is -0.896. The molecule has 6 nitrogen and oxygen atoms in total. The van der Waals surface area contributed by atoms with Gasteiger partial charge in [-0.2, -0.15) is 0 Å². The molecule has 1 saturated carbocycles. The van der Waals surface area contributed by atoms with Gasteiger partial charge in [-0.1, -0.05) is 29.3 Å². The van der Waals surface area contributed by atoms with Gasteiger partial charge < -0.3 is 10.6 Å². The van der Waals surface area contributed by atoms with Crippen LogP contribution in [-0.2, 0) is 15.1 Å². The second-order valence-electron chi connectivity index (χ2n) is 6.76. The lowest BCUT2D eigenvalue weighted by Gasteiger charge is -2.23. The topological polar surface area (TPSA) is 78.5 Å². The van der Waals surface area contributed by atoms with Crippen LogP contribution in [0.15, 0.2) is 18.2 Å². The molecule has 8 heteroatoms. The van der Waals surface area contributed by atoms with Crippen LogP contribution in [0.3, 0.4) is 0 Å². The normalized spacial score (nSPS) is 24.2. The van der Waals surface area contributed by atoms with E-state index in [-0.39, 0.29) is 23.5 Å². The monoisotopic (exact) mass is 383 g/mol. The summed E-state index contributed by atoms with van der Waals surface area (Å²) in [6.07, 6.45) is 2.19. The number of nitrogens with one attached hydrogen (secondary N) is 2. The molecule has 2 aliphatic rings. The zero-order chi connectivity index (χ0) is 18.4. The molecular formula is C17H19Cl2N3O3. The first-order valence-electron chi connectivity index (χ1n) is 8.11. The Hall–Kier alpha value is -1.79. The van der Waals surface area contributed by atoms with Crippen LogP contribution in [-0.4, -0.2) is 35.3 Å². The van der Waals surface area contributed by atoms with Crippen molar-refractivity contribution >= 4 is 41.0 Å². The van der Waals surface area contributed by atoms with Crippen LogP contribution in [0.4, 0.5) is 4.79 Å². The number of amides is 4. The first kappa shape index (κ1) is 18.0. The number of urea groups is 1. The van der Waals surface area contributed by atoms with E-state index in [9.17, 15) is 14.4 Å². The van der Waals surface area contributed by atoms with E-state index < -0.39 is 17.5 Å². The fourth-order valence-electron chi connectivity index (χ4n) is 3.08. The van der Waals surface area contributed by atoms with Gasteiger partial charge in [0.25, 0.3) is 5.91 Å². The fraction of sp³-hybridized carbons (Fsp3) is 0.471. The van der Waals surface area contributed by atoms with E-state index in [4.69, 9.17) is 23.2 Å². The number of halogens is 2. The largest absolute Gasteiger partial charge is 0.352 e. The zero-order valence-corrected chi connectivity index (χ0v) is 15.4. The van der Waals surface area contributed by atoms with Crippen LogP contribution in [0.5, 0.6) is 0 Å². The molecule has 1 aromatic carbocycles. The van der Waals surface area contributed by atoms with Gasteiger partial charge in [0.1, 0.15) is 12.1 Å². The van der Waals surface area contributed by atoms with Crippen LogP contribution >= 0.6 is 23.2 Å². The van der Waals surface area contributed by atoms with Gasteiger partial charge in [0.2, 0.25) is 5.91 Å². The number of carbonyl (C=O) groups is 3. The summed E-state index contributed by atoms with van der Waals surface area (Å²) in [7, 11) is 0. The van der Waals surface area contributed by atoms with E-state index in [2.05, 4.69) is 10.6 Å². The van der Waals surface area contributed by atoms with Gasteiger partial charge >= 0.3 is 6.03 Å². The van der Waals surface area contributed by atoms with Crippen molar-refractivity contribution in [3.8, 4) is 0 Å². The van der Waals surface area contributed by atoms with Crippen molar-refractivity contribution in [3.63, 3.8) is 0 Å². The Morgan fingerprint density at radius 2 is 2.08 bits per heavy atom. The summed E-state index contributed by atoms with van der Waals surface area (Å²) in [5, 5.41) is 6.18. The smallest absolute Gasteiger partial charge is 0.325 e. The minimum absolute atomic E-state index is 0.0466. The van der Waals surface area contributed by atoms with Crippen LogP contribution in [0.25, 0.3) is 0 Å². The molecule has 0 bridgehead atoms. The van der Waals surface area contributed by atoms with Gasteiger partial charge in [0, 0.05) is 21.7 Å². The Balaban J connectivity index is 1.76. The third-order valence-electron chi connectivity index (χ3n) is 4.76. The van der Waals surface area contributed by atoms with Crippen LogP contribution in [0.1, 0.15) is 32.3 Å². The molecule has 25 heavy (non-hydrogen) atoms. The molecule has 0 radical (unpaired) electrons. The molecule has 0 aromatic heterocycles. The Bertz CT molecular complexity index is 751. The van der Waals surface area contributed by atoms with Crippen LogP contribution < -0.4 is 10.6 Å². The maximum absolute atomic E-state index is 12.8. The molecule has 1 aliphatic heterocycles. The summed E-state index contributed by atoms with van der Waals surface area (Å²) in [5.74, 6) is -0.379. The third kappa shape index (κ3) is 3.46. The molecular weight excluding hydrogens is 365 g/mol. The number of nitrogens with zero attached hydrogens (tertiary/aromatic N) is 1. The fourth-order valence-corrected chi connectivity index (χ4v) is 3.67. The average molecular weight is 384 g/mol. The molecule has 3 rings (SSSR count). The van der Waals surface area contributed by atoms with E-state index >= 15 is 0 Å². The highest BCUT2D eigenvalue weighted by Gasteiger charge is 2.50. The zero-order valence-electron chi connectivity index (χ0n) is 13.9. The van der Waals surface area contributed by atoms with Crippen molar-refractivity contribution in [2.24, 2.45) is 5.92 Å². The highest BCUT2D eigenvalue weighted by molar-refractivity contribution is 6.35. The van der Waals surface area contributed by atoms with Gasteiger partial charge in [-0.05, 0) is 44.7 Å². The second-order valence-corrected chi connectivity index (χ2v) is 7.61. The van der Waals surface area contributed by atoms with Crippen molar-refractivity contribution in [1.29, 1.82) is 0 Å². The molecule has 1 saturated heterocycles. The van der Waals surface area contributed by atoms with Gasteiger partial charge in [-0.3, -0.25) is 14.5 Å². The number of rotatable bonds is 5. The lowest BCUT2D eigenvalue weighted by atomic mass is 9.92. The first-order valence-corrected chi connectivity index (χ1v) is 8.87. The number of hydrogen-bond donors (Lipinski definition) is 2. The van der Waals surface area contributed by atoms with Crippen LogP contribution in [0.2, 0.25) is 10.0 Å². The summed E-state index contributed by atoms with van der Waals surface area (Å²) in [6.45, 7) is 3.18. The first-order chi connectivity index (χ1) is 11.7. The third-order valence-corrected chi connectivity index (χ3v) is 5.31. The predicted molar refractivity (Wildman–Crippen MR) is 94.4 cm³/mol. The van der Waals surface area contributed by atoms with Gasteiger partial charge in [-0.15, -0.1) is 0 Å². The maximum Gasteiger partial charge on any atom is 0.325 e. The molecule has 4 amide bonds. The number of imide groups is 1.